The van der Waals surface area contributed by atoms with Gasteiger partial charge in [-0.1, -0.05) is 6.08 Å². The van der Waals surface area contributed by atoms with Gasteiger partial charge in [0.25, 0.3) is 15.7 Å². The van der Waals surface area contributed by atoms with Crippen molar-refractivity contribution in [2.75, 3.05) is 31.2 Å². The van der Waals surface area contributed by atoms with Crippen molar-refractivity contribution in [2.24, 2.45) is 0 Å². The average molecular weight is 406 g/mol. The molecule has 9 nitrogen and oxygen atoms in total. The molecule has 2 aromatic rings. The van der Waals surface area contributed by atoms with Gasteiger partial charge in [0.05, 0.1) is 23.5 Å². The lowest BCUT2D eigenvalue weighted by atomic mass is 10.2. The Balaban J connectivity index is 2.12. The summed E-state index contributed by atoms with van der Waals surface area (Å²) in [6, 6.07) is 8.01. The summed E-state index contributed by atoms with van der Waals surface area (Å²) in [5.74, 6) is 0.943. The maximum Gasteiger partial charge on any atom is 0.271 e. The topological polar surface area (TPSA) is 108 Å². The number of hydrogen-bond donors (Lipinski definition) is 0. The number of benzene rings is 2. The van der Waals surface area contributed by atoms with E-state index in [0.29, 0.717) is 24.7 Å². The molecule has 1 heterocycles. The lowest BCUT2D eigenvalue weighted by molar-refractivity contribution is -0.384. The van der Waals surface area contributed by atoms with Crippen molar-refractivity contribution in [1.29, 1.82) is 0 Å². The third-order valence-electron chi connectivity index (χ3n) is 4.04. The Labute approximate surface area is 161 Å². The Morgan fingerprint density at radius 1 is 1.21 bits per heavy atom. The van der Waals surface area contributed by atoms with E-state index in [4.69, 9.17) is 14.2 Å². The number of fused-ring (bicyclic) bond motifs is 1. The second-order valence-corrected chi connectivity index (χ2v) is 7.61. The summed E-state index contributed by atoms with van der Waals surface area (Å²) in [6.45, 7) is 4.17. The summed E-state index contributed by atoms with van der Waals surface area (Å²) < 4.78 is 43.7. The molecule has 0 atom stereocenters. The van der Waals surface area contributed by atoms with Gasteiger partial charge in [-0.2, -0.15) is 0 Å². The van der Waals surface area contributed by atoms with Crippen LogP contribution in [0.2, 0.25) is 0 Å². The highest BCUT2D eigenvalue weighted by Crippen LogP contribution is 2.38. The summed E-state index contributed by atoms with van der Waals surface area (Å²) in [6.07, 6.45) is 1.38. The predicted molar refractivity (Wildman–Crippen MR) is 102 cm³/mol. The Morgan fingerprint density at radius 3 is 2.57 bits per heavy atom. The molecule has 0 N–H and O–H groups in total. The first-order chi connectivity index (χ1) is 13.4. The van der Waals surface area contributed by atoms with E-state index in [2.05, 4.69) is 6.58 Å². The van der Waals surface area contributed by atoms with Crippen molar-refractivity contribution < 1.29 is 27.6 Å². The molecule has 2 aromatic carbocycles. The standard InChI is InChI=1S/C18H18N2O7S/c1-3-8-19(15-11-13(20(21)22)4-6-16(15)25-2)28(23,24)14-5-7-17-18(12-14)27-10-9-26-17/h3-7,11-12H,1,8-10H2,2H3. The lowest BCUT2D eigenvalue weighted by Crippen LogP contribution is -2.31. The quantitative estimate of drug-likeness (QED) is 0.395. The number of nitro groups is 1. The van der Waals surface area contributed by atoms with Gasteiger partial charge in [0.1, 0.15) is 24.7 Å². The molecule has 0 aromatic heterocycles. The van der Waals surface area contributed by atoms with Crippen molar-refractivity contribution in [1.82, 2.24) is 0 Å². The first-order valence-corrected chi connectivity index (χ1v) is 9.68. The number of hydrogen-bond acceptors (Lipinski definition) is 7. The molecule has 0 radical (unpaired) electrons. The van der Waals surface area contributed by atoms with Gasteiger partial charge in [-0.3, -0.25) is 14.4 Å². The zero-order chi connectivity index (χ0) is 20.3. The van der Waals surface area contributed by atoms with Crippen LogP contribution in [0.15, 0.2) is 53.9 Å². The number of rotatable bonds is 7. The van der Waals surface area contributed by atoms with Crippen LogP contribution in [0.1, 0.15) is 0 Å². The number of non-ortho nitro benzene ring substituents is 1. The minimum absolute atomic E-state index is 0.0338. The van der Waals surface area contributed by atoms with E-state index in [-0.39, 0.29) is 28.6 Å². The van der Waals surface area contributed by atoms with Gasteiger partial charge in [-0.25, -0.2) is 8.42 Å². The summed E-state index contributed by atoms with van der Waals surface area (Å²) in [7, 11) is -2.75. The van der Waals surface area contributed by atoms with Crippen molar-refractivity contribution in [3.05, 3.63) is 59.2 Å². The Bertz CT molecular complexity index is 1020. The van der Waals surface area contributed by atoms with Gasteiger partial charge < -0.3 is 14.2 Å². The van der Waals surface area contributed by atoms with E-state index < -0.39 is 14.9 Å². The van der Waals surface area contributed by atoms with Crippen LogP contribution in [-0.4, -0.2) is 40.2 Å². The zero-order valence-corrected chi connectivity index (χ0v) is 15.8. The third kappa shape index (κ3) is 3.58. The lowest BCUT2D eigenvalue weighted by Gasteiger charge is -2.25. The second kappa shape index (κ2) is 7.77. The number of methoxy groups -OCH3 is 1. The molecule has 0 fully saturated rings. The van der Waals surface area contributed by atoms with Crippen molar-refractivity contribution in [3.63, 3.8) is 0 Å². The number of nitro benzene ring substituents is 1. The molecule has 1 aliphatic rings. The van der Waals surface area contributed by atoms with E-state index in [1.165, 1.54) is 43.5 Å². The Morgan fingerprint density at radius 2 is 1.93 bits per heavy atom. The molecular formula is C18H18N2O7S. The Kier molecular flexibility index (Phi) is 5.41. The SMILES string of the molecule is C=CCN(c1cc([N+](=O)[O-])ccc1OC)S(=O)(=O)c1ccc2c(c1)OCCO2. The molecule has 0 spiro atoms. The van der Waals surface area contributed by atoms with Crippen LogP contribution >= 0.6 is 0 Å². The molecule has 0 aliphatic carbocycles. The first kappa shape index (κ1) is 19.5. The molecule has 148 valence electrons. The van der Waals surface area contributed by atoms with Gasteiger partial charge in [-0.15, -0.1) is 6.58 Å². The van der Waals surface area contributed by atoms with Crippen LogP contribution < -0.4 is 18.5 Å². The zero-order valence-electron chi connectivity index (χ0n) is 15.0. The van der Waals surface area contributed by atoms with Crippen molar-refractivity contribution in [3.8, 4) is 17.2 Å². The Hall–Kier alpha value is -3.27. The van der Waals surface area contributed by atoms with Gasteiger partial charge >= 0.3 is 0 Å². The fourth-order valence-electron chi connectivity index (χ4n) is 2.74. The van der Waals surface area contributed by atoms with Crippen molar-refractivity contribution >= 4 is 21.4 Å². The number of anilines is 1. The molecule has 10 heteroatoms. The van der Waals surface area contributed by atoms with Crippen LogP contribution in [0.3, 0.4) is 0 Å². The summed E-state index contributed by atoms with van der Waals surface area (Å²) in [5.41, 5.74) is -0.228. The van der Waals surface area contributed by atoms with Gasteiger partial charge in [0, 0.05) is 18.2 Å². The largest absolute Gasteiger partial charge is 0.495 e. The van der Waals surface area contributed by atoms with E-state index in [0.717, 1.165) is 10.4 Å². The van der Waals surface area contributed by atoms with Crippen LogP contribution in [0.4, 0.5) is 11.4 Å². The van der Waals surface area contributed by atoms with Crippen LogP contribution in [-0.2, 0) is 10.0 Å². The fourth-order valence-corrected chi connectivity index (χ4v) is 4.20. The highest BCUT2D eigenvalue weighted by atomic mass is 32.2. The monoisotopic (exact) mass is 406 g/mol. The second-order valence-electron chi connectivity index (χ2n) is 5.74. The number of nitrogens with zero attached hydrogens (tertiary/aromatic N) is 2. The highest BCUT2D eigenvalue weighted by molar-refractivity contribution is 7.92. The van der Waals surface area contributed by atoms with Gasteiger partial charge in [-0.05, 0) is 18.2 Å². The highest BCUT2D eigenvalue weighted by Gasteiger charge is 2.29. The van der Waals surface area contributed by atoms with Gasteiger partial charge in [0.15, 0.2) is 11.5 Å². The average Bonchev–Trinajstić information content (AvgIpc) is 2.71. The van der Waals surface area contributed by atoms with E-state index in [1.54, 1.807) is 0 Å². The molecule has 28 heavy (non-hydrogen) atoms. The van der Waals surface area contributed by atoms with Crippen LogP contribution in [0, 0.1) is 10.1 Å². The van der Waals surface area contributed by atoms with E-state index in [9.17, 15) is 18.5 Å². The van der Waals surface area contributed by atoms with E-state index >= 15 is 0 Å². The summed E-state index contributed by atoms with van der Waals surface area (Å²) in [4.78, 5) is 10.5. The normalized spacial score (nSPS) is 12.9. The first-order valence-electron chi connectivity index (χ1n) is 8.24. The maximum absolute atomic E-state index is 13.3. The molecular weight excluding hydrogens is 388 g/mol. The number of sulfonamides is 1. The molecule has 3 rings (SSSR count). The number of ether oxygens (including phenoxy) is 3. The summed E-state index contributed by atoms with van der Waals surface area (Å²) >= 11 is 0. The third-order valence-corrected chi connectivity index (χ3v) is 5.81. The minimum atomic E-state index is -4.10. The van der Waals surface area contributed by atoms with Crippen LogP contribution in [0.5, 0.6) is 17.2 Å². The summed E-state index contributed by atoms with van der Waals surface area (Å²) in [5, 5.41) is 11.2. The smallest absolute Gasteiger partial charge is 0.271 e. The fraction of sp³-hybridized carbons (Fsp3) is 0.222. The van der Waals surface area contributed by atoms with Crippen molar-refractivity contribution in [2.45, 2.75) is 4.90 Å². The molecule has 0 amide bonds. The van der Waals surface area contributed by atoms with Gasteiger partial charge in [0.2, 0.25) is 0 Å². The molecule has 0 bridgehead atoms. The minimum Gasteiger partial charge on any atom is -0.495 e. The predicted octanol–water partition coefficient (Wildman–Crippen LogP) is 2.76. The molecule has 0 unspecified atom stereocenters. The maximum atomic E-state index is 13.3. The molecule has 0 saturated carbocycles. The van der Waals surface area contributed by atoms with E-state index in [1.807, 2.05) is 0 Å². The molecule has 1 aliphatic heterocycles. The van der Waals surface area contributed by atoms with Crippen LogP contribution in [0.25, 0.3) is 0 Å². The molecule has 0 saturated heterocycles.